The van der Waals surface area contributed by atoms with Crippen LogP contribution in [0.3, 0.4) is 0 Å². The third-order valence-corrected chi connectivity index (χ3v) is 4.85. The maximum Gasteiger partial charge on any atom is 0.153 e. The van der Waals surface area contributed by atoms with Crippen LogP contribution in [-0.2, 0) is 0 Å². The van der Waals surface area contributed by atoms with Gasteiger partial charge in [0.1, 0.15) is 5.82 Å². The first kappa shape index (κ1) is 13.1. The van der Waals surface area contributed by atoms with Crippen molar-refractivity contribution in [1.29, 1.82) is 0 Å². The van der Waals surface area contributed by atoms with Gasteiger partial charge in [0.25, 0.3) is 0 Å². The Balaban J connectivity index is 1.42. The molecule has 2 aliphatic rings. The van der Waals surface area contributed by atoms with Crippen LogP contribution in [0.15, 0.2) is 18.3 Å². The molecule has 3 heterocycles. The summed E-state index contributed by atoms with van der Waals surface area (Å²) in [5, 5.41) is 8.20. The molecule has 0 spiro atoms. The van der Waals surface area contributed by atoms with Crippen LogP contribution < -0.4 is 5.32 Å². The Bertz CT molecular complexity index is 629. The molecule has 5 heteroatoms. The largest absolute Gasteiger partial charge is 0.365 e. The number of aromatic nitrogens is 3. The van der Waals surface area contributed by atoms with E-state index in [0.717, 1.165) is 29.7 Å². The molecule has 4 rings (SSSR count). The normalized spacial score (nSPS) is 24.1. The molecule has 1 saturated carbocycles. The zero-order chi connectivity index (χ0) is 14.2. The van der Waals surface area contributed by atoms with Crippen molar-refractivity contribution in [3.05, 3.63) is 24.0 Å². The molecular weight excluding hydrogens is 262 g/mol. The van der Waals surface area contributed by atoms with E-state index in [0.29, 0.717) is 6.04 Å². The molecule has 0 amide bonds. The van der Waals surface area contributed by atoms with Gasteiger partial charge in [-0.3, -0.25) is 4.90 Å². The molecule has 2 fully saturated rings. The molecule has 2 aromatic rings. The van der Waals surface area contributed by atoms with Crippen molar-refractivity contribution in [1.82, 2.24) is 19.5 Å². The van der Waals surface area contributed by atoms with E-state index >= 15 is 0 Å². The predicted octanol–water partition coefficient (Wildman–Crippen LogP) is 2.47. The second-order valence-electron chi connectivity index (χ2n) is 6.47. The molecule has 0 aromatic carbocycles. The van der Waals surface area contributed by atoms with Crippen molar-refractivity contribution < 1.29 is 0 Å². The van der Waals surface area contributed by atoms with E-state index in [4.69, 9.17) is 0 Å². The van der Waals surface area contributed by atoms with Crippen LogP contribution in [0.1, 0.15) is 37.8 Å². The third-order valence-electron chi connectivity index (χ3n) is 4.85. The fourth-order valence-electron chi connectivity index (χ4n) is 3.79. The lowest BCUT2D eigenvalue weighted by atomic mass is 10.2. The summed E-state index contributed by atoms with van der Waals surface area (Å²) in [5.41, 5.74) is 1.92. The van der Waals surface area contributed by atoms with Crippen molar-refractivity contribution >= 4 is 11.5 Å². The molecule has 1 aliphatic heterocycles. The minimum absolute atomic E-state index is 0.528. The smallest absolute Gasteiger partial charge is 0.153 e. The Labute approximate surface area is 125 Å². The lowest BCUT2D eigenvalue weighted by Gasteiger charge is -2.23. The van der Waals surface area contributed by atoms with E-state index in [1.165, 1.54) is 38.6 Å². The van der Waals surface area contributed by atoms with E-state index in [1.54, 1.807) is 0 Å². The number of anilines is 1. The van der Waals surface area contributed by atoms with Crippen molar-refractivity contribution in [2.45, 2.75) is 51.1 Å². The summed E-state index contributed by atoms with van der Waals surface area (Å²) in [6.45, 7) is 4.39. The van der Waals surface area contributed by atoms with Crippen molar-refractivity contribution in [2.24, 2.45) is 0 Å². The van der Waals surface area contributed by atoms with Gasteiger partial charge in [-0.25, -0.2) is 9.50 Å². The highest BCUT2D eigenvalue weighted by atomic mass is 15.3. The fourth-order valence-corrected chi connectivity index (χ4v) is 3.79. The maximum absolute atomic E-state index is 4.61. The van der Waals surface area contributed by atoms with Crippen LogP contribution in [0.5, 0.6) is 0 Å². The van der Waals surface area contributed by atoms with E-state index in [9.17, 15) is 0 Å². The number of likely N-dealkylation sites (tertiary alicyclic amines) is 1. The molecular formula is C16H23N5. The van der Waals surface area contributed by atoms with Crippen LogP contribution in [-0.4, -0.2) is 44.7 Å². The topological polar surface area (TPSA) is 45.5 Å². The SMILES string of the molecule is Cc1cn2nc(NC3CCN(C4CCCC4)C3)ccc2n1. The van der Waals surface area contributed by atoms with Gasteiger partial charge in [-0.05, 0) is 38.3 Å². The number of imidazole rings is 1. The molecule has 1 aliphatic carbocycles. The van der Waals surface area contributed by atoms with Gasteiger partial charge >= 0.3 is 0 Å². The quantitative estimate of drug-likeness (QED) is 0.941. The summed E-state index contributed by atoms with van der Waals surface area (Å²) in [6.07, 6.45) is 8.81. The van der Waals surface area contributed by atoms with Gasteiger partial charge in [0.2, 0.25) is 0 Å². The Morgan fingerprint density at radius 2 is 2.05 bits per heavy atom. The molecule has 5 nitrogen and oxygen atoms in total. The first-order chi connectivity index (χ1) is 10.3. The number of fused-ring (bicyclic) bond motifs is 1. The van der Waals surface area contributed by atoms with Gasteiger partial charge in [-0.2, -0.15) is 0 Å². The number of nitrogens with one attached hydrogen (secondary N) is 1. The van der Waals surface area contributed by atoms with Crippen LogP contribution in [0.25, 0.3) is 5.65 Å². The highest BCUT2D eigenvalue weighted by Crippen LogP contribution is 2.27. The minimum atomic E-state index is 0.528. The number of hydrogen-bond donors (Lipinski definition) is 1. The van der Waals surface area contributed by atoms with Crippen LogP contribution in [0, 0.1) is 6.92 Å². The summed E-state index contributed by atoms with van der Waals surface area (Å²) >= 11 is 0. The number of hydrogen-bond acceptors (Lipinski definition) is 4. The number of aryl methyl sites for hydroxylation is 1. The van der Waals surface area contributed by atoms with E-state index in [2.05, 4.69) is 20.3 Å². The summed E-state index contributed by atoms with van der Waals surface area (Å²) in [4.78, 5) is 7.09. The van der Waals surface area contributed by atoms with E-state index in [-0.39, 0.29) is 0 Å². The van der Waals surface area contributed by atoms with Crippen molar-refractivity contribution in [3.8, 4) is 0 Å². The van der Waals surface area contributed by atoms with Crippen LogP contribution >= 0.6 is 0 Å². The highest BCUT2D eigenvalue weighted by Gasteiger charge is 2.29. The zero-order valence-electron chi connectivity index (χ0n) is 12.6. The molecule has 112 valence electrons. The minimum Gasteiger partial charge on any atom is -0.365 e. The lowest BCUT2D eigenvalue weighted by Crippen LogP contribution is -2.33. The van der Waals surface area contributed by atoms with Gasteiger partial charge < -0.3 is 5.32 Å². The van der Waals surface area contributed by atoms with Gasteiger partial charge in [0, 0.05) is 25.2 Å². The molecule has 0 radical (unpaired) electrons. The zero-order valence-corrected chi connectivity index (χ0v) is 12.6. The number of nitrogens with zero attached hydrogens (tertiary/aromatic N) is 4. The Hall–Kier alpha value is -1.62. The predicted molar refractivity (Wildman–Crippen MR) is 83.6 cm³/mol. The standard InChI is InChI=1S/C16H23N5/c1-12-10-21-16(17-12)7-6-15(19-21)18-13-8-9-20(11-13)14-4-2-3-5-14/h6-7,10,13-14H,2-5,8-9,11H2,1H3,(H,18,19). The molecule has 1 unspecified atom stereocenters. The fraction of sp³-hybridized carbons (Fsp3) is 0.625. The second kappa shape index (κ2) is 5.30. The Morgan fingerprint density at radius 1 is 1.19 bits per heavy atom. The lowest BCUT2D eigenvalue weighted by molar-refractivity contribution is 0.245. The molecule has 1 N–H and O–H groups in total. The van der Waals surface area contributed by atoms with Gasteiger partial charge in [-0.1, -0.05) is 12.8 Å². The molecule has 0 bridgehead atoms. The maximum atomic E-state index is 4.61. The van der Waals surface area contributed by atoms with E-state index < -0.39 is 0 Å². The first-order valence-electron chi connectivity index (χ1n) is 8.11. The van der Waals surface area contributed by atoms with Crippen molar-refractivity contribution in [3.63, 3.8) is 0 Å². The van der Waals surface area contributed by atoms with Gasteiger partial charge in [0.05, 0.1) is 11.9 Å². The summed E-state index contributed by atoms with van der Waals surface area (Å²) < 4.78 is 1.86. The van der Waals surface area contributed by atoms with Crippen LogP contribution in [0.2, 0.25) is 0 Å². The Kier molecular flexibility index (Phi) is 3.30. The first-order valence-corrected chi connectivity index (χ1v) is 8.11. The van der Waals surface area contributed by atoms with E-state index in [1.807, 2.05) is 29.8 Å². The van der Waals surface area contributed by atoms with Gasteiger partial charge in [-0.15, -0.1) is 5.10 Å². The molecule has 1 atom stereocenters. The highest BCUT2D eigenvalue weighted by molar-refractivity contribution is 5.45. The molecule has 1 saturated heterocycles. The summed E-state index contributed by atoms with van der Waals surface area (Å²) in [7, 11) is 0. The number of rotatable bonds is 3. The second-order valence-corrected chi connectivity index (χ2v) is 6.47. The van der Waals surface area contributed by atoms with Gasteiger partial charge in [0.15, 0.2) is 5.65 Å². The van der Waals surface area contributed by atoms with Crippen LogP contribution in [0.4, 0.5) is 5.82 Å². The third kappa shape index (κ3) is 2.62. The molecule has 2 aromatic heterocycles. The summed E-state index contributed by atoms with van der Waals surface area (Å²) in [5.74, 6) is 0.957. The average molecular weight is 285 g/mol. The molecule has 21 heavy (non-hydrogen) atoms. The summed E-state index contributed by atoms with van der Waals surface area (Å²) in [6, 6.07) is 5.44. The Morgan fingerprint density at radius 3 is 2.90 bits per heavy atom. The monoisotopic (exact) mass is 285 g/mol. The van der Waals surface area contributed by atoms with Crippen molar-refractivity contribution in [2.75, 3.05) is 18.4 Å². The average Bonchev–Trinajstić information content (AvgIpc) is 3.16.